The van der Waals surface area contributed by atoms with Crippen LogP contribution in [-0.4, -0.2) is 141 Å². The molecule has 0 N–H and O–H groups in total. The van der Waals surface area contributed by atoms with Crippen LogP contribution >= 0.6 is 15.6 Å². The van der Waals surface area contributed by atoms with Crippen LogP contribution in [0.15, 0.2) is 24.3 Å². The monoisotopic (exact) mass is 1490 g/mol. The zero-order valence-electron chi connectivity index (χ0n) is 68.6. The van der Waals surface area contributed by atoms with Crippen molar-refractivity contribution in [3.63, 3.8) is 0 Å². The Kier molecular flexibility index (Phi) is 76.7. The van der Waals surface area contributed by atoms with Crippen LogP contribution in [-0.2, 0) is 55.8 Å². The van der Waals surface area contributed by atoms with Gasteiger partial charge in [-0.1, -0.05) is 322 Å². The highest BCUT2D eigenvalue weighted by Crippen LogP contribution is 2.39. The summed E-state index contributed by atoms with van der Waals surface area (Å²) in [7, 11) is 2.77. The Morgan fingerprint density at radius 3 is 0.912 bits per heavy atom. The summed E-state index contributed by atoms with van der Waals surface area (Å²) in [5.41, 5.74) is 0. The van der Waals surface area contributed by atoms with Crippen LogP contribution in [0.4, 0.5) is 0 Å². The van der Waals surface area contributed by atoms with Gasteiger partial charge in [0.1, 0.15) is 39.0 Å². The Morgan fingerprint density at radius 2 is 0.588 bits per heavy atom. The van der Waals surface area contributed by atoms with Crippen LogP contribution in [0, 0.1) is 0 Å². The molecule has 102 heavy (non-hydrogen) atoms. The van der Waals surface area contributed by atoms with Gasteiger partial charge in [0.15, 0.2) is 6.10 Å². The molecule has 18 heteroatoms. The van der Waals surface area contributed by atoms with Crippen LogP contribution in [0.3, 0.4) is 0 Å². The van der Waals surface area contributed by atoms with Crippen molar-refractivity contribution in [2.75, 3.05) is 108 Å². The second-order valence-electron chi connectivity index (χ2n) is 31.4. The number of allylic oxidation sites excluding steroid dienone is 4. The summed E-state index contributed by atoms with van der Waals surface area (Å²) in [6, 6.07) is 0. The lowest BCUT2D eigenvalue weighted by Crippen LogP contribution is -2.37. The van der Waals surface area contributed by atoms with Crippen LogP contribution in [0.1, 0.15) is 387 Å². The Labute approximate surface area is 631 Å². The smallest absolute Gasteiger partial charge is 0.306 e. The maximum absolute atomic E-state index is 12.6. The molecule has 608 valence electrons. The average molecular weight is 1490 g/mol. The number of phosphoric ester groups is 2. The minimum absolute atomic E-state index is 0.0294. The lowest BCUT2D eigenvalue weighted by molar-refractivity contribution is -0.870. The molecule has 0 fully saturated rings. The topological polar surface area (TPSA) is 188 Å². The predicted molar refractivity (Wildman–Crippen MR) is 426 cm³/mol. The van der Waals surface area contributed by atoms with Crippen LogP contribution in [0.2, 0.25) is 0 Å². The molecule has 0 heterocycles. The van der Waals surface area contributed by atoms with Crippen LogP contribution in [0.5, 0.6) is 0 Å². The zero-order valence-corrected chi connectivity index (χ0v) is 70.4. The lowest BCUT2D eigenvalue weighted by Gasteiger charge is -2.28. The fourth-order valence-electron chi connectivity index (χ4n) is 11.9. The number of carbonyl (C=O) groups is 2. The van der Waals surface area contributed by atoms with E-state index >= 15 is 0 Å². The quantitative estimate of drug-likeness (QED) is 0.0184. The standard InChI is InChI=1S/C42H82NO8P.C42H86NO6P/c1-6-8-10-12-14-16-18-20-21-23-25-27-29-31-33-35-42(45)51-40(39-50-52(46,47)49-37-36-43(3,4)5)38-48-41(44)34-32-30-28-26-24-22-19-17-15-13-11-9-7-2;1-6-8-10-12-14-16-18-20-22-23-25-27-29-31-33-35-38-47-42(41-49-50(44,45)48-39-36-43(3,4)5)40-46-37-34-32-30-28-26-24-21-19-17-15-13-11-9-7-2/h20-21,40H,6-19,22-39H2,1-5H3;20,22,42H,6-19,21,23-41H2,1-5H3/b21-20-;22-20-. The fraction of sp³-hybridized carbons (Fsp3) is 0.929. The van der Waals surface area contributed by atoms with Crippen molar-refractivity contribution in [1.29, 1.82) is 0 Å². The molecule has 4 unspecified atom stereocenters. The first kappa shape index (κ1) is 103. The van der Waals surface area contributed by atoms with E-state index in [0.717, 1.165) is 70.6 Å². The van der Waals surface area contributed by atoms with Crippen molar-refractivity contribution in [2.45, 2.75) is 399 Å². The van der Waals surface area contributed by atoms with Gasteiger partial charge in [-0.3, -0.25) is 18.7 Å². The Bertz CT molecular complexity index is 1930. The molecule has 16 nitrogen and oxygen atoms in total. The third kappa shape index (κ3) is 85.7. The maximum Gasteiger partial charge on any atom is 0.306 e. The van der Waals surface area contributed by atoms with Gasteiger partial charge >= 0.3 is 11.9 Å². The third-order valence-corrected chi connectivity index (χ3v) is 20.6. The summed E-state index contributed by atoms with van der Waals surface area (Å²) in [4.78, 5) is 49.8. The van der Waals surface area contributed by atoms with E-state index in [-0.39, 0.29) is 45.2 Å². The Balaban J connectivity index is 0. The van der Waals surface area contributed by atoms with E-state index in [1.165, 1.54) is 270 Å². The highest BCUT2D eigenvalue weighted by molar-refractivity contribution is 7.46. The molecular weight excluding hydrogens is 1320 g/mol. The van der Waals surface area contributed by atoms with Gasteiger partial charge in [0.25, 0.3) is 15.6 Å². The molecule has 0 aromatic heterocycles. The van der Waals surface area contributed by atoms with Gasteiger partial charge in [-0.15, -0.1) is 0 Å². The second-order valence-corrected chi connectivity index (χ2v) is 34.2. The SMILES string of the molecule is CCCCCCCC/C=C\CCCCCCCC(=O)OC(COC(=O)CCCCCCCCCCCCCCC)COP(=O)([O-])OCC[N+](C)(C)C.CCCCCCCC/C=C\CCCCCCCCOC(COCCCCCCCCCCCCCCCC)COP(=O)([O-])OCC[N+](C)(C)C. The number of rotatable bonds is 80. The Morgan fingerprint density at radius 1 is 0.314 bits per heavy atom. The second kappa shape index (κ2) is 76.3. The van der Waals surface area contributed by atoms with Gasteiger partial charge in [-0.25, -0.2) is 0 Å². The molecule has 0 aliphatic rings. The highest BCUT2D eigenvalue weighted by Gasteiger charge is 2.23. The third-order valence-electron chi connectivity index (χ3n) is 18.7. The molecule has 0 spiro atoms. The molecule has 0 saturated carbocycles. The molecular formula is C84H168N2O14P2. The van der Waals surface area contributed by atoms with Gasteiger partial charge in [-0.2, -0.15) is 0 Å². The number of quaternary nitrogens is 2. The van der Waals surface area contributed by atoms with Crippen LogP contribution in [0.25, 0.3) is 0 Å². The van der Waals surface area contributed by atoms with E-state index < -0.39 is 40.4 Å². The first-order valence-electron chi connectivity index (χ1n) is 42.8. The van der Waals surface area contributed by atoms with Crippen molar-refractivity contribution in [3.05, 3.63) is 24.3 Å². The molecule has 0 aromatic carbocycles. The van der Waals surface area contributed by atoms with Crippen LogP contribution < -0.4 is 9.79 Å². The number of hydrogen-bond acceptors (Lipinski definition) is 14. The van der Waals surface area contributed by atoms with Crippen molar-refractivity contribution in [1.82, 2.24) is 0 Å². The molecule has 0 rings (SSSR count). The van der Waals surface area contributed by atoms with E-state index in [1.54, 1.807) is 0 Å². The van der Waals surface area contributed by atoms with E-state index in [2.05, 4.69) is 52.0 Å². The van der Waals surface area contributed by atoms with E-state index in [9.17, 15) is 28.5 Å². The summed E-state index contributed by atoms with van der Waals surface area (Å²) >= 11 is 0. The molecule has 0 amide bonds. The molecule has 0 aliphatic carbocycles. The van der Waals surface area contributed by atoms with Gasteiger partial charge < -0.3 is 55.8 Å². The molecule has 0 radical (unpaired) electrons. The first-order chi connectivity index (χ1) is 49.2. The van der Waals surface area contributed by atoms with Gasteiger partial charge in [0.2, 0.25) is 0 Å². The summed E-state index contributed by atoms with van der Waals surface area (Å²) in [5.74, 6) is -0.837. The minimum Gasteiger partial charge on any atom is -0.756 e. The number of phosphoric acid groups is 2. The van der Waals surface area contributed by atoms with E-state index in [4.69, 9.17) is 37.0 Å². The number of esters is 2. The number of unbranched alkanes of at least 4 members (excludes halogenated alkanes) is 48. The van der Waals surface area contributed by atoms with Gasteiger partial charge in [0.05, 0.1) is 62.1 Å². The van der Waals surface area contributed by atoms with E-state index in [0.29, 0.717) is 48.3 Å². The molecule has 0 bridgehead atoms. The summed E-state index contributed by atoms with van der Waals surface area (Å²) in [5, 5.41) is 0. The normalized spacial score (nSPS) is 13.9. The number of hydrogen-bond donors (Lipinski definition) is 0. The molecule has 0 saturated heterocycles. The van der Waals surface area contributed by atoms with Crippen molar-refractivity contribution in [2.24, 2.45) is 0 Å². The van der Waals surface area contributed by atoms with E-state index in [1.807, 2.05) is 42.3 Å². The molecule has 0 aromatic rings. The van der Waals surface area contributed by atoms with Crippen molar-refractivity contribution < 1.29 is 74.5 Å². The molecule has 4 atom stereocenters. The minimum atomic E-state index is -4.62. The van der Waals surface area contributed by atoms with Gasteiger partial charge in [0, 0.05) is 26.1 Å². The number of carbonyl (C=O) groups excluding carboxylic acids is 2. The maximum atomic E-state index is 12.6. The summed E-state index contributed by atoms with van der Waals surface area (Å²) < 4.78 is 69.1. The summed E-state index contributed by atoms with van der Waals surface area (Å²) in [6.07, 6.45) is 75.8. The molecule has 0 aliphatic heterocycles. The first-order valence-corrected chi connectivity index (χ1v) is 45.8. The highest BCUT2D eigenvalue weighted by atomic mass is 31.2. The van der Waals surface area contributed by atoms with Crippen molar-refractivity contribution in [3.8, 4) is 0 Å². The number of likely N-dealkylation sites (N-methyl/N-ethyl adjacent to an activating group) is 2. The average Bonchev–Trinajstić information content (AvgIpc) is 0.919. The lowest BCUT2D eigenvalue weighted by atomic mass is 10.0. The van der Waals surface area contributed by atoms with Crippen molar-refractivity contribution >= 4 is 27.6 Å². The number of nitrogens with zero attached hydrogens (tertiary/aromatic N) is 2. The summed E-state index contributed by atoms with van der Waals surface area (Å²) in [6.45, 7) is 11.0. The Hall–Kier alpha value is -1.52. The number of ether oxygens (including phenoxy) is 4. The largest absolute Gasteiger partial charge is 0.756 e. The fourth-order valence-corrected chi connectivity index (χ4v) is 13.3. The zero-order chi connectivity index (χ0) is 75.5. The van der Waals surface area contributed by atoms with Gasteiger partial charge in [-0.05, 0) is 77.0 Å². The predicted octanol–water partition coefficient (Wildman–Crippen LogP) is 23.3.